The fourth-order valence-electron chi connectivity index (χ4n) is 1.59. The average Bonchev–Trinajstić information content (AvgIpc) is 2.29. The van der Waals surface area contributed by atoms with E-state index in [1.807, 2.05) is 0 Å². The van der Waals surface area contributed by atoms with Crippen LogP contribution >= 0.6 is 0 Å². The topological polar surface area (TPSA) is 48.0 Å². The molecule has 88 valence electrons. The van der Waals surface area contributed by atoms with E-state index >= 15 is 0 Å². The van der Waals surface area contributed by atoms with Gasteiger partial charge in [0.1, 0.15) is 5.82 Å². The van der Waals surface area contributed by atoms with E-state index in [4.69, 9.17) is 5.73 Å². The molecule has 2 N–H and O–H groups in total. The molecule has 2 rings (SSSR count). The predicted molar refractivity (Wildman–Crippen MR) is 65.4 cm³/mol. The first-order valence-electron chi connectivity index (χ1n) is 5.27. The standard InChI is InChI=1S/C13H13FN2O/c1-9-6-13(17)16(8-12(9)15)7-10-2-4-11(14)5-3-10/h2-6,8H,7,15H2,1H3. The van der Waals surface area contributed by atoms with Crippen molar-refractivity contribution < 1.29 is 4.39 Å². The second kappa shape index (κ2) is 4.41. The molecule has 0 fully saturated rings. The molecular weight excluding hydrogens is 219 g/mol. The van der Waals surface area contributed by atoms with Crippen LogP contribution in [0.3, 0.4) is 0 Å². The third-order valence-corrected chi connectivity index (χ3v) is 2.64. The lowest BCUT2D eigenvalue weighted by Crippen LogP contribution is -2.20. The number of anilines is 1. The quantitative estimate of drug-likeness (QED) is 0.860. The van der Waals surface area contributed by atoms with Crippen molar-refractivity contribution in [3.63, 3.8) is 0 Å². The van der Waals surface area contributed by atoms with Gasteiger partial charge in [-0.2, -0.15) is 0 Å². The van der Waals surface area contributed by atoms with Crippen molar-refractivity contribution in [2.75, 3.05) is 5.73 Å². The van der Waals surface area contributed by atoms with Crippen LogP contribution in [0.1, 0.15) is 11.1 Å². The van der Waals surface area contributed by atoms with Gasteiger partial charge in [0, 0.05) is 12.3 Å². The molecule has 0 aliphatic heterocycles. The highest BCUT2D eigenvalue weighted by atomic mass is 19.1. The Morgan fingerprint density at radius 1 is 1.29 bits per heavy atom. The van der Waals surface area contributed by atoms with Crippen LogP contribution in [-0.2, 0) is 6.54 Å². The Balaban J connectivity index is 2.33. The smallest absolute Gasteiger partial charge is 0.251 e. The third kappa shape index (κ3) is 2.53. The highest BCUT2D eigenvalue weighted by molar-refractivity contribution is 5.43. The molecule has 0 spiro atoms. The lowest BCUT2D eigenvalue weighted by atomic mass is 10.2. The number of pyridine rings is 1. The van der Waals surface area contributed by atoms with Gasteiger partial charge >= 0.3 is 0 Å². The number of nitrogens with zero attached hydrogens (tertiary/aromatic N) is 1. The normalized spacial score (nSPS) is 10.5. The number of hydrogen-bond donors (Lipinski definition) is 1. The zero-order valence-corrected chi connectivity index (χ0v) is 9.48. The minimum atomic E-state index is -0.287. The first-order chi connectivity index (χ1) is 8.06. The predicted octanol–water partition coefficient (Wildman–Crippen LogP) is 1.93. The minimum absolute atomic E-state index is 0.110. The van der Waals surface area contributed by atoms with Crippen molar-refractivity contribution in [2.45, 2.75) is 13.5 Å². The molecule has 0 amide bonds. The van der Waals surface area contributed by atoms with Crippen LogP contribution in [0.25, 0.3) is 0 Å². The second-order valence-electron chi connectivity index (χ2n) is 4.00. The molecule has 1 aromatic carbocycles. The molecule has 0 saturated carbocycles. The van der Waals surface area contributed by atoms with Gasteiger partial charge in [0.05, 0.1) is 12.2 Å². The number of nitrogen functional groups attached to an aromatic ring is 1. The van der Waals surface area contributed by atoms with E-state index < -0.39 is 0 Å². The highest BCUT2D eigenvalue weighted by Crippen LogP contribution is 2.08. The maximum atomic E-state index is 12.7. The van der Waals surface area contributed by atoms with E-state index in [0.29, 0.717) is 12.2 Å². The maximum Gasteiger partial charge on any atom is 0.251 e. The second-order valence-corrected chi connectivity index (χ2v) is 4.00. The van der Waals surface area contributed by atoms with Gasteiger partial charge in [-0.25, -0.2) is 4.39 Å². The molecular formula is C13H13FN2O. The van der Waals surface area contributed by atoms with Crippen LogP contribution < -0.4 is 11.3 Å². The zero-order valence-electron chi connectivity index (χ0n) is 9.48. The Morgan fingerprint density at radius 3 is 2.59 bits per heavy atom. The maximum absolute atomic E-state index is 12.7. The summed E-state index contributed by atoms with van der Waals surface area (Å²) in [6, 6.07) is 7.55. The molecule has 3 nitrogen and oxygen atoms in total. The van der Waals surface area contributed by atoms with E-state index in [-0.39, 0.29) is 11.4 Å². The first kappa shape index (κ1) is 11.4. The lowest BCUT2D eigenvalue weighted by molar-refractivity contribution is 0.626. The molecule has 17 heavy (non-hydrogen) atoms. The van der Waals surface area contributed by atoms with Gasteiger partial charge in [0.15, 0.2) is 0 Å². The summed E-state index contributed by atoms with van der Waals surface area (Å²) in [6.07, 6.45) is 1.61. The van der Waals surface area contributed by atoms with Gasteiger partial charge in [0.2, 0.25) is 0 Å². The van der Waals surface area contributed by atoms with Gasteiger partial charge in [0.25, 0.3) is 5.56 Å². The number of halogens is 1. The van der Waals surface area contributed by atoms with Gasteiger partial charge in [-0.3, -0.25) is 4.79 Å². The Hall–Kier alpha value is -2.10. The molecule has 0 radical (unpaired) electrons. The molecule has 0 aliphatic carbocycles. The summed E-state index contributed by atoms with van der Waals surface area (Å²) in [6.45, 7) is 2.18. The van der Waals surface area contributed by atoms with E-state index in [1.54, 1.807) is 25.3 Å². The van der Waals surface area contributed by atoms with Crippen molar-refractivity contribution >= 4 is 5.69 Å². The first-order valence-corrected chi connectivity index (χ1v) is 5.27. The van der Waals surface area contributed by atoms with Crippen LogP contribution in [0.5, 0.6) is 0 Å². The van der Waals surface area contributed by atoms with Crippen molar-refractivity contribution in [3.8, 4) is 0 Å². The van der Waals surface area contributed by atoms with E-state index in [0.717, 1.165) is 11.1 Å². The zero-order chi connectivity index (χ0) is 12.4. The van der Waals surface area contributed by atoms with Crippen molar-refractivity contribution in [2.24, 2.45) is 0 Å². The van der Waals surface area contributed by atoms with Gasteiger partial charge in [-0.1, -0.05) is 12.1 Å². The summed E-state index contributed by atoms with van der Waals surface area (Å²) < 4.78 is 14.2. The van der Waals surface area contributed by atoms with E-state index in [2.05, 4.69) is 0 Å². The Morgan fingerprint density at radius 2 is 1.94 bits per heavy atom. The summed E-state index contributed by atoms with van der Waals surface area (Å²) in [4.78, 5) is 11.7. The molecule has 0 unspecified atom stereocenters. The molecule has 1 aromatic heterocycles. The molecule has 1 heterocycles. The summed E-state index contributed by atoms with van der Waals surface area (Å²) >= 11 is 0. The Labute approximate surface area is 98.3 Å². The lowest BCUT2D eigenvalue weighted by Gasteiger charge is -2.08. The van der Waals surface area contributed by atoms with Crippen LogP contribution in [0.15, 0.2) is 41.3 Å². The molecule has 2 aromatic rings. The van der Waals surface area contributed by atoms with Crippen LogP contribution in [-0.4, -0.2) is 4.57 Å². The highest BCUT2D eigenvalue weighted by Gasteiger charge is 2.02. The largest absolute Gasteiger partial charge is 0.397 e. The fraction of sp³-hybridized carbons (Fsp3) is 0.154. The number of aryl methyl sites for hydroxylation is 1. The van der Waals surface area contributed by atoms with Crippen molar-refractivity contribution in [3.05, 3.63) is 63.8 Å². The van der Waals surface area contributed by atoms with E-state index in [1.165, 1.54) is 22.8 Å². The molecule has 0 saturated heterocycles. The fourth-order valence-corrected chi connectivity index (χ4v) is 1.59. The third-order valence-electron chi connectivity index (χ3n) is 2.64. The van der Waals surface area contributed by atoms with Gasteiger partial charge in [-0.05, 0) is 30.2 Å². The number of benzene rings is 1. The number of nitrogens with two attached hydrogens (primary N) is 1. The molecule has 0 atom stereocenters. The van der Waals surface area contributed by atoms with Gasteiger partial charge in [-0.15, -0.1) is 0 Å². The average molecular weight is 232 g/mol. The Kier molecular flexibility index (Phi) is 2.95. The molecule has 0 bridgehead atoms. The van der Waals surface area contributed by atoms with Crippen LogP contribution in [0.4, 0.5) is 10.1 Å². The monoisotopic (exact) mass is 232 g/mol. The Bertz CT molecular complexity index is 587. The minimum Gasteiger partial charge on any atom is -0.397 e. The summed E-state index contributed by atoms with van der Waals surface area (Å²) in [5.74, 6) is -0.287. The van der Waals surface area contributed by atoms with Crippen molar-refractivity contribution in [1.82, 2.24) is 4.57 Å². The summed E-state index contributed by atoms with van der Waals surface area (Å²) in [5, 5.41) is 0. The molecule has 4 heteroatoms. The van der Waals surface area contributed by atoms with Crippen LogP contribution in [0, 0.1) is 12.7 Å². The summed E-state index contributed by atoms with van der Waals surface area (Å²) in [7, 11) is 0. The number of aromatic nitrogens is 1. The number of rotatable bonds is 2. The van der Waals surface area contributed by atoms with Gasteiger partial charge < -0.3 is 10.3 Å². The SMILES string of the molecule is Cc1cc(=O)n(Cc2ccc(F)cc2)cc1N. The van der Waals surface area contributed by atoms with Crippen LogP contribution in [0.2, 0.25) is 0 Å². The van der Waals surface area contributed by atoms with Crippen molar-refractivity contribution in [1.29, 1.82) is 0 Å². The molecule has 0 aliphatic rings. The summed E-state index contributed by atoms with van der Waals surface area (Å²) in [5.41, 5.74) is 7.84. The van der Waals surface area contributed by atoms with E-state index in [9.17, 15) is 9.18 Å². The number of hydrogen-bond acceptors (Lipinski definition) is 2.